The van der Waals surface area contributed by atoms with Crippen LogP contribution < -0.4 is 0 Å². The maximum Gasteiger partial charge on any atom is 0.330 e. The van der Waals surface area contributed by atoms with Crippen molar-refractivity contribution in [1.82, 2.24) is 0 Å². The molecular formula is C15H13IO2. The van der Waals surface area contributed by atoms with Gasteiger partial charge in [0.15, 0.2) is 3.42 Å². The van der Waals surface area contributed by atoms with Crippen molar-refractivity contribution in [3.8, 4) is 0 Å². The number of ether oxygens (including phenoxy) is 1. The fraction of sp³-hybridized carbons (Fsp3) is 0.133. The molecule has 0 amide bonds. The zero-order chi connectivity index (χ0) is 13.0. The molecule has 0 saturated heterocycles. The zero-order valence-corrected chi connectivity index (χ0v) is 12.1. The first-order chi connectivity index (χ1) is 8.69. The lowest BCUT2D eigenvalue weighted by atomic mass is 9.91. The summed E-state index contributed by atoms with van der Waals surface area (Å²) in [6, 6.07) is 19.3. The van der Waals surface area contributed by atoms with Gasteiger partial charge in [0.05, 0.1) is 7.11 Å². The van der Waals surface area contributed by atoms with Gasteiger partial charge in [0, 0.05) is 0 Å². The van der Waals surface area contributed by atoms with Crippen LogP contribution in [0.5, 0.6) is 0 Å². The molecule has 2 aromatic carbocycles. The number of hydrogen-bond acceptors (Lipinski definition) is 2. The molecule has 2 nitrogen and oxygen atoms in total. The summed E-state index contributed by atoms with van der Waals surface area (Å²) in [5.74, 6) is -0.263. The maximum absolute atomic E-state index is 12.2. The third-order valence-electron chi connectivity index (χ3n) is 2.81. The van der Waals surface area contributed by atoms with E-state index in [1.165, 1.54) is 7.11 Å². The SMILES string of the molecule is COC(=O)C(I)(c1ccccc1)c1ccccc1. The number of alkyl halides is 1. The topological polar surface area (TPSA) is 26.3 Å². The van der Waals surface area contributed by atoms with Crippen molar-refractivity contribution < 1.29 is 9.53 Å². The molecule has 0 aliphatic carbocycles. The van der Waals surface area contributed by atoms with E-state index < -0.39 is 3.42 Å². The highest BCUT2D eigenvalue weighted by Crippen LogP contribution is 2.40. The molecule has 0 fully saturated rings. The number of esters is 1. The van der Waals surface area contributed by atoms with E-state index in [0.717, 1.165) is 11.1 Å². The van der Waals surface area contributed by atoms with E-state index in [1.807, 2.05) is 60.7 Å². The van der Waals surface area contributed by atoms with Gasteiger partial charge >= 0.3 is 5.97 Å². The molecule has 18 heavy (non-hydrogen) atoms. The molecule has 92 valence electrons. The molecule has 2 aromatic rings. The lowest BCUT2D eigenvalue weighted by Gasteiger charge is -2.25. The molecule has 0 aliphatic rings. The number of rotatable bonds is 3. The summed E-state index contributed by atoms with van der Waals surface area (Å²) < 4.78 is 4.18. The lowest BCUT2D eigenvalue weighted by Crippen LogP contribution is -2.31. The van der Waals surface area contributed by atoms with Gasteiger partial charge in [-0.25, -0.2) is 4.79 Å². The molecule has 0 unspecified atom stereocenters. The van der Waals surface area contributed by atoms with Gasteiger partial charge in [0.1, 0.15) is 0 Å². The Labute approximate surface area is 120 Å². The van der Waals surface area contributed by atoms with Gasteiger partial charge in [-0.2, -0.15) is 0 Å². The maximum atomic E-state index is 12.2. The number of halogens is 1. The second-order valence-corrected chi connectivity index (χ2v) is 5.50. The molecule has 0 spiro atoms. The Kier molecular flexibility index (Phi) is 4.01. The van der Waals surface area contributed by atoms with E-state index in [2.05, 4.69) is 22.6 Å². The Bertz CT molecular complexity index is 483. The fourth-order valence-electron chi connectivity index (χ4n) is 1.88. The summed E-state index contributed by atoms with van der Waals surface area (Å²) in [5.41, 5.74) is 1.84. The first-order valence-corrected chi connectivity index (χ1v) is 6.66. The molecule has 0 N–H and O–H groups in total. The molecule has 0 bridgehead atoms. The van der Waals surface area contributed by atoms with E-state index in [0.29, 0.717) is 0 Å². The normalized spacial score (nSPS) is 11.0. The summed E-state index contributed by atoms with van der Waals surface area (Å²) in [7, 11) is 1.42. The van der Waals surface area contributed by atoms with Crippen LogP contribution in [0.4, 0.5) is 0 Å². The Morgan fingerprint density at radius 1 is 0.944 bits per heavy atom. The number of benzene rings is 2. The van der Waals surface area contributed by atoms with Gasteiger partial charge in [0.2, 0.25) is 0 Å². The third-order valence-corrected chi connectivity index (χ3v) is 4.50. The first-order valence-electron chi connectivity index (χ1n) is 5.58. The Hall–Kier alpha value is -1.36. The predicted molar refractivity (Wildman–Crippen MR) is 79.7 cm³/mol. The van der Waals surface area contributed by atoms with Gasteiger partial charge in [-0.3, -0.25) is 0 Å². The lowest BCUT2D eigenvalue weighted by molar-refractivity contribution is -0.142. The number of carbonyl (C=O) groups excluding carboxylic acids is 1. The van der Waals surface area contributed by atoms with Crippen LogP contribution in [0.3, 0.4) is 0 Å². The predicted octanol–water partition coefficient (Wildman–Crippen LogP) is 3.54. The van der Waals surface area contributed by atoms with Crippen molar-refractivity contribution in [3.05, 3.63) is 71.8 Å². The van der Waals surface area contributed by atoms with Crippen molar-refractivity contribution in [3.63, 3.8) is 0 Å². The van der Waals surface area contributed by atoms with Crippen LogP contribution in [0.15, 0.2) is 60.7 Å². The summed E-state index contributed by atoms with van der Waals surface area (Å²) >= 11 is 2.16. The number of hydrogen-bond donors (Lipinski definition) is 0. The highest BCUT2D eigenvalue weighted by Gasteiger charge is 2.40. The second-order valence-electron chi connectivity index (χ2n) is 3.88. The van der Waals surface area contributed by atoms with Crippen LogP contribution >= 0.6 is 22.6 Å². The van der Waals surface area contributed by atoms with Gasteiger partial charge in [-0.05, 0) is 11.1 Å². The van der Waals surface area contributed by atoms with Crippen molar-refractivity contribution >= 4 is 28.6 Å². The van der Waals surface area contributed by atoms with Gasteiger partial charge in [-0.15, -0.1) is 0 Å². The average Bonchev–Trinajstić information content (AvgIpc) is 2.47. The quantitative estimate of drug-likeness (QED) is 0.480. The minimum Gasteiger partial charge on any atom is -0.468 e. The summed E-state index contributed by atoms with van der Waals surface area (Å²) in [6.07, 6.45) is 0. The monoisotopic (exact) mass is 352 g/mol. The molecular weight excluding hydrogens is 339 g/mol. The van der Waals surface area contributed by atoms with Gasteiger partial charge in [-0.1, -0.05) is 83.3 Å². The molecule has 0 aromatic heterocycles. The van der Waals surface area contributed by atoms with E-state index in [4.69, 9.17) is 4.74 Å². The standard InChI is InChI=1S/C15H13IO2/c1-18-14(17)15(16,12-8-4-2-5-9-12)13-10-6-3-7-11-13/h2-11H,1H3. The Balaban J connectivity index is 2.59. The van der Waals surface area contributed by atoms with Gasteiger partial charge in [0.25, 0.3) is 0 Å². The number of carbonyl (C=O) groups is 1. The van der Waals surface area contributed by atoms with Crippen molar-refractivity contribution in [2.24, 2.45) is 0 Å². The molecule has 0 radical (unpaired) electrons. The highest BCUT2D eigenvalue weighted by atomic mass is 127. The fourth-order valence-corrected chi connectivity index (χ4v) is 2.82. The Morgan fingerprint density at radius 2 is 1.33 bits per heavy atom. The molecule has 2 rings (SSSR count). The molecule has 0 saturated carbocycles. The molecule has 0 aliphatic heterocycles. The summed E-state index contributed by atoms with van der Waals surface area (Å²) in [4.78, 5) is 12.2. The summed E-state index contributed by atoms with van der Waals surface area (Å²) in [5, 5.41) is 0. The molecule has 3 heteroatoms. The summed E-state index contributed by atoms with van der Waals surface area (Å²) in [6.45, 7) is 0. The molecule has 0 heterocycles. The largest absolute Gasteiger partial charge is 0.468 e. The smallest absolute Gasteiger partial charge is 0.330 e. The highest BCUT2D eigenvalue weighted by molar-refractivity contribution is 14.1. The van der Waals surface area contributed by atoms with Crippen LogP contribution in [0.2, 0.25) is 0 Å². The Morgan fingerprint density at radius 3 is 1.67 bits per heavy atom. The van der Waals surface area contributed by atoms with E-state index >= 15 is 0 Å². The second kappa shape index (κ2) is 5.52. The van der Waals surface area contributed by atoms with Crippen LogP contribution in [0, 0.1) is 0 Å². The minimum atomic E-state index is -0.797. The third kappa shape index (κ3) is 2.27. The van der Waals surface area contributed by atoms with Crippen molar-refractivity contribution in [1.29, 1.82) is 0 Å². The van der Waals surface area contributed by atoms with E-state index in [1.54, 1.807) is 0 Å². The average molecular weight is 352 g/mol. The minimum absolute atomic E-state index is 0.263. The van der Waals surface area contributed by atoms with Crippen LogP contribution in [-0.4, -0.2) is 13.1 Å². The first kappa shape index (κ1) is 13.1. The van der Waals surface area contributed by atoms with Gasteiger partial charge < -0.3 is 4.74 Å². The molecule has 0 atom stereocenters. The van der Waals surface area contributed by atoms with Crippen LogP contribution in [0.25, 0.3) is 0 Å². The number of methoxy groups -OCH3 is 1. The van der Waals surface area contributed by atoms with E-state index in [9.17, 15) is 4.79 Å². The van der Waals surface area contributed by atoms with Crippen molar-refractivity contribution in [2.45, 2.75) is 3.42 Å². The zero-order valence-electron chi connectivity index (χ0n) is 9.97. The van der Waals surface area contributed by atoms with E-state index in [-0.39, 0.29) is 5.97 Å². The van der Waals surface area contributed by atoms with Crippen molar-refractivity contribution in [2.75, 3.05) is 7.11 Å². The van der Waals surface area contributed by atoms with Crippen LogP contribution in [-0.2, 0) is 13.0 Å². The van der Waals surface area contributed by atoms with Crippen LogP contribution in [0.1, 0.15) is 11.1 Å².